The summed E-state index contributed by atoms with van der Waals surface area (Å²) in [5.41, 5.74) is -4.29. The Morgan fingerprint density at radius 1 is 1.00 bits per heavy atom. The van der Waals surface area contributed by atoms with Crippen LogP contribution >= 0.6 is 15.9 Å². The lowest BCUT2D eigenvalue weighted by molar-refractivity contribution is -0.143. The molecule has 250 valence electrons. The van der Waals surface area contributed by atoms with Crippen LogP contribution in [0.25, 0.3) is 0 Å². The predicted molar refractivity (Wildman–Crippen MR) is 166 cm³/mol. The molecule has 1 aromatic heterocycles. The summed E-state index contributed by atoms with van der Waals surface area (Å²) < 4.78 is 68.4. The third-order valence-electron chi connectivity index (χ3n) is 6.99. The zero-order valence-electron chi connectivity index (χ0n) is 26.1. The molecule has 0 N–H and O–H groups in total. The Balaban J connectivity index is 2.18. The number of esters is 1. The second-order valence-electron chi connectivity index (χ2n) is 11.5. The molecule has 0 bridgehead atoms. The van der Waals surface area contributed by atoms with Gasteiger partial charge in [-0.3, -0.25) is 23.6 Å². The molecule has 3 aromatic rings. The molecule has 0 spiro atoms. The van der Waals surface area contributed by atoms with E-state index >= 15 is 0 Å². The van der Waals surface area contributed by atoms with Gasteiger partial charge in [-0.1, -0.05) is 36.4 Å². The van der Waals surface area contributed by atoms with E-state index in [0.29, 0.717) is 11.6 Å². The Hall–Kier alpha value is -3.94. The molecule has 0 saturated heterocycles. The zero-order valence-corrected chi connectivity index (χ0v) is 27.7. The quantitative estimate of drug-likeness (QED) is 0.164. The number of rotatable bonds is 11. The normalized spacial score (nSPS) is 12.5. The molecular formula is C32H36BrF4N3O6. The first-order valence-electron chi connectivity index (χ1n) is 14.5. The van der Waals surface area contributed by atoms with Gasteiger partial charge in [0.2, 0.25) is 0 Å². The van der Waals surface area contributed by atoms with Gasteiger partial charge in [-0.25, -0.2) is 14.0 Å². The van der Waals surface area contributed by atoms with E-state index in [1.54, 1.807) is 58.0 Å². The second-order valence-corrected chi connectivity index (χ2v) is 12.2. The smallest absolute Gasteiger partial charge is 0.416 e. The summed E-state index contributed by atoms with van der Waals surface area (Å²) >= 11 is 3.16. The van der Waals surface area contributed by atoms with Crippen molar-refractivity contribution in [2.45, 2.75) is 78.4 Å². The summed E-state index contributed by atoms with van der Waals surface area (Å²) in [6.45, 7) is 6.88. The molecule has 3 rings (SSSR count). The standard InChI is InChI=1S/C32H36BrF4N3O6/c1-6-45-26(41)16-11-17-38(30(44)46-31(3,4)5)25(21-12-8-7-9-13-21)19-40-28(42)27(33)20(2)39(29(40)43)18-22-23(32(35,36)37)14-10-15-24(22)34/h7-10,12-15,25H,6,11,16-19H2,1-5H3/t25-/m0/s1. The number of aromatic nitrogens is 2. The lowest BCUT2D eigenvalue weighted by Crippen LogP contribution is -2.47. The van der Waals surface area contributed by atoms with Crippen LogP contribution in [0.3, 0.4) is 0 Å². The minimum atomic E-state index is -4.91. The fourth-order valence-electron chi connectivity index (χ4n) is 4.81. The third-order valence-corrected chi connectivity index (χ3v) is 7.90. The second kappa shape index (κ2) is 15.1. The molecule has 2 aromatic carbocycles. The van der Waals surface area contributed by atoms with Gasteiger partial charge in [-0.15, -0.1) is 0 Å². The van der Waals surface area contributed by atoms with Crippen molar-refractivity contribution in [3.8, 4) is 0 Å². The van der Waals surface area contributed by atoms with Gasteiger partial charge in [0.25, 0.3) is 5.56 Å². The Morgan fingerprint density at radius 2 is 1.65 bits per heavy atom. The summed E-state index contributed by atoms with van der Waals surface area (Å²) in [6, 6.07) is 9.95. The van der Waals surface area contributed by atoms with Crippen molar-refractivity contribution in [2.75, 3.05) is 13.2 Å². The molecule has 9 nitrogen and oxygen atoms in total. The van der Waals surface area contributed by atoms with E-state index in [0.717, 1.165) is 21.3 Å². The highest BCUT2D eigenvalue weighted by Crippen LogP contribution is 2.33. The Bertz CT molecular complexity index is 1670. The van der Waals surface area contributed by atoms with Crippen LogP contribution in [0.1, 0.15) is 69.0 Å². The van der Waals surface area contributed by atoms with Crippen LogP contribution < -0.4 is 11.2 Å². The SMILES string of the molecule is CCOC(=O)CCCN(C(=O)OC(C)(C)C)[C@@H](Cn1c(=O)c(Br)c(C)n(Cc2c(F)cccc2C(F)(F)F)c1=O)c1ccccc1. The number of carbonyl (C=O) groups is 2. The summed E-state index contributed by atoms with van der Waals surface area (Å²) in [4.78, 5) is 54.4. The lowest BCUT2D eigenvalue weighted by atomic mass is 10.0. The molecule has 0 aliphatic rings. The Kier molecular flexibility index (Phi) is 12.0. The van der Waals surface area contributed by atoms with Gasteiger partial charge >= 0.3 is 23.9 Å². The van der Waals surface area contributed by atoms with Crippen molar-refractivity contribution in [2.24, 2.45) is 0 Å². The first kappa shape index (κ1) is 36.5. The van der Waals surface area contributed by atoms with Crippen LogP contribution in [0.4, 0.5) is 22.4 Å². The van der Waals surface area contributed by atoms with Gasteiger partial charge in [-0.2, -0.15) is 13.2 Å². The molecule has 0 radical (unpaired) electrons. The third kappa shape index (κ3) is 9.08. The van der Waals surface area contributed by atoms with Crippen LogP contribution in [0, 0.1) is 12.7 Å². The Labute approximate surface area is 271 Å². The van der Waals surface area contributed by atoms with Gasteiger partial charge in [-0.05, 0) is 74.7 Å². The van der Waals surface area contributed by atoms with Crippen LogP contribution in [0.2, 0.25) is 0 Å². The maximum atomic E-state index is 14.8. The van der Waals surface area contributed by atoms with E-state index in [1.165, 1.54) is 11.8 Å². The molecule has 0 unspecified atom stereocenters. The highest BCUT2D eigenvalue weighted by Gasteiger charge is 2.35. The fourth-order valence-corrected chi connectivity index (χ4v) is 5.24. The fraction of sp³-hybridized carbons (Fsp3) is 0.438. The van der Waals surface area contributed by atoms with E-state index in [-0.39, 0.29) is 36.2 Å². The van der Waals surface area contributed by atoms with E-state index < -0.39 is 71.2 Å². The summed E-state index contributed by atoms with van der Waals surface area (Å²) in [5, 5.41) is 0. The minimum Gasteiger partial charge on any atom is -0.466 e. The molecule has 1 atom stereocenters. The zero-order chi connectivity index (χ0) is 34.4. The highest BCUT2D eigenvalue weighted by atomic mass is 79.9. The van der Waals surface area contributed by atoms with Crippen molar-refractivity contribution in [1.29, 1.82) is 0 Å². The van der Waals surface area contributed by atoms with Gasteiger partial charge < -0.3 is 9.47 Å². The van der Waals surface area contributed by atoms with Crippen LogP contribution in [-0.2, 0) is 33.5 Å². The van der Waals surface area contributed by atoms with Crippen molar-refractivity contribution >= 4 is 28.0 Å². The number of benzene rings is 2. The van der Waals surface area contributed by atoms with Crippen LogP contribution in [-0.4, -0.2) is 44.8 Å². The molecule has 0 aliphatic heterocycles. The summed E-state index contributed by atoms with van der Waals surface area (Å²) in [6.07, 6.45) is -5.56. The number of ether oxygens (including phenoxy) is 2. The van der Waals surface area contributed by atoms with Gasteiger partial charge in [0.15, 0.2) is 0 Å². The predicted octanol–water partition coefficient (Wildman–Crippen LogP) is 6.61. The van der Waals surface area contributed by atoms with E-state index in [1.807, 2.05) is 0 Å². The van der Waals surface area contributed by atoms with Gasteiger partial charge in [0.05, 0.1) is 31.3 Å². The minimum absolute atomic E-state index is 0.0164. The number of alkyl halides is 3. The highest BCUT2D eigenvalue weighted by molar-refractivity contribution is 9.10. The molecule has 1 heterocycles. The van der Waals surface area contributed by atoms with Gasteiger partial charge in [0, 0.05) is 24.2 Å². The number of hydrogen-bond acceptors (Lipinski definition) is 6. The van der Waals surface area contributed by atoms with Crippen molar-refractivity contribution < 1.29 is 36.6 Å². The molecule has 1 amide bonds. The summed E-state index contributed by atoms with van der Waals surface area (Å²) in [7, 11) is 0. The monoisotopic (exact) mass is 713 g/mol. The number of amides is 1. The molecule has 46 heavy (non-hydrogen) atoms. The number of halogens is 5. The van der Waals surface area contributed by atoms with Crippen molar-refractivity contribution in [3.05, 3.63) is 102 Å². The lowest BCUT2D eigenvalue weighted by Gasteiger charge is -2.34. The molecular weight excluding hydrogens is 678 g/mol. The van der Waals surface area contributed by atoms with Crippen LogP contribution in [0.5, 0.6) is 0 Å². The number of carbonyl (C=O) groups excluding carboxylic acids is 2. The maximum absolute atomic E-state index is 14.8. The average Bonchev–Trinajstić information content (AvgIpc) is 2.97. The molecule has 0 fully saturated rings. The first-order valence-corrected chi connectivity index (χ1v) is 15.3. The van der Waals surface area contributed by atoms with Crippen molar-refractivity contribution in [3.63, 3.8) is 0 Å². The molecule has 0 aliphatic carbocycles. The maximum Gasteiger partial charge on any atom is 0.416 e. The largest absolute Gasteiger partial charge is 0.466 e. The van der Waals surface area contributed by atoms with E-state index in [2.05, 4.69) is 15.9 Å². The van der Waals surface area contributed by atoms with Crippen LogP contribution in [0.15, 0.2) is 62.6 Å². The first-order chi connectivity index (χ1) is 21.5. The number of nitrogens with zero attached hydrogens (tertiary/aromatic N) is 3. The van der Waals surface area contributed by atoms with E-state index in [9.17, 15) is 36.7 Å². The summed E-state index contributed by atoms with van der Waals surface area (Å²) in [5.74, 6) is -1.65. The van der Waals surface area contributed by atoms with E-state index in [4.69, 9.17) is 9.47 Å². The molecule has 14 heteroatoms. The molecule has 0 saturated carbocycles. The topological polar surface area (TPSA) is 99.8 Å². The Morgan fingerprint density at radius 3 is 2.24 bits per heavy atom. The average molecular weight is 715 g/mol. The van der Waals surface area contributed by atoms with Crippen molar-refractivity contribution in [1.82, 2.24) is 14.0 Å². The van der Waals surface area contributed by atoms with Gasteiger partial charge in [0.1, 0.15) is 15.9 Å². The number of hydrogen-bond donors (Lipinski definition) is 0.